The van der Waals surface area contributed by atoms with Crippen LogP contribution < -0.4 is 5.73 Å². The Morgan fingerprint density at radius 2 is 2.40 bits per heavy atom. The van der Waals surface area contributed by atoms with Gasteiger partial charge in [-0.2, -0.15) is 0 Å². The summed E-state index contributed by atoms with van der Waals surface area (Å²) in [5.41, 5.74) is 7.55. The molecule has 20 heavy (non-hydrogen) atoms. The molecular formula is C13H12ClN3O2S. The van der Waals surface area contributed by atoms with Crippen LogP contribution in [-0.4, -0.2) is 27.4 Å². The zero-order valence-corrected chi connectivity index (χ0v) is 12.2. The summed E-state index contributed by atoms with van der Waals surface area (Å²) in [6.07, 6.45) is 4.65. The monoisotopic (exact) mass is 309 g/mol. The maximum atomic E-state index is 11.5. The van der Waals surface area contributed by atoms with Gasteiger partial charge in [0.1, 0.15) is 10.5 Å². The number of esters is 1. The van der Waals surface area contributed by atoms with Crippen LogP contribution in [0.2, 0.25) is 5.02 Å². The van der Waals surface area contributed by atoms with E-state index >= 15 is 0 Å². The fraction of sp³-hybridized carbons (Fsp3) is 0.154. The summed E-state index contributed by atoms with van der Waals surface area (Å²) in [6.45, 7) is 1.97. The summed E-state index contributed by atoms with van der Waals surface area (Å²) in [5, 5.41) is 1.21. The van der Waals surface area contributed by atoms with Crippen LogP contribution >= 0.6 is 23.8 Å². The maximum absolute atomic E-state index is 11.5. The first-order valence-electron chi connectivity index (χ1n) is 5.84. The molecule has 0 spiro atoms. The summed E-state index contributed by atoms with van der Waals surface area (Å²) in [5.74, 6) is -0.575. The lowest BCUT2D eigenvalue weighted by molar-refractivity contribution is -0.134. The summed E-state index contributed by atoms with van der Waals surface area (Å²) >= 11 is 11.1. The van der Waals surface area contributed by atoms with Gasteiger partial charge < -0.3 is 15.5 Å². The van der Waals surface area contributed by atoms with Crippen LogP contribution in [0.4, 0.5) is 0 Å². The highest BCUT2D eigenvalue weighted by atomic mass is 35.5. The molecule has 3 N–H and O–H groups in total. The van der Waals surface area contributed by atoms with Crippen molar-refractivity contribution in [1.29, 1.82) is 0 Å². The van der Waals surface area contributed by atoms with Gasteiger partial charge >= 0.3 is 5.97 Å². The second-order valence-corrected chi connectivity index (χ2v) is 4.75. The first kappa shape index (κ1) is 14.5. The molecule has 2 heterocycles. The topological polar surface area (TPSA) is 81.0 Å². The number of pyridine rings is 1. The summed E-state index contributed by atoms with van der Waals surface area (Å²) in [4.78, 5) is 18.6. The molecule has 0 aliphatic heterocycles. The van der Waals surface area contributed by atoms with Gasteiger partial charge in [-0.25, -0.2) is 9.78 Å². The van der Waals surface area contributed by atoms with Crippen LogP contribution in [-0.2, 0) is 9.53 Å². The maximum Gasteiger partial charge on any atom is 0.349 e. The molecule has 0 aliphatic rings. The molecule has 2 rings (SSSR count). The van der Waals surface area contributed by atoms with E-state index in [1.165, 1.54) is 6.08 Å². The third kappa shape index (κ3) is 2.81. The average molecular weight is 310 g/mol. The third-order valence-corrected chi connectivity index (χ3v) is 3.20. The Balaban J connectivity index is 2.39. The molecule has 0 atom stereocenters. The van der Waals surface area contributed by atoms with E-state index in [-0.39, 0.29) is 11.5 Å². The molecular weight excluding hydrogens is 298 g/mol. The molecule has 0 unspecified atom stereocenters. The van der Waals surface area contributed by atoms with Gasteiger partial charge in [0.25, 0.3) is 0 Å². The Bertz CT molecular complexity index is 709. The first-order chi connectivity index (χ1) is 9.54. The predicted molar refractivity (Wildman–Crippen MR) is 82.5 cm³/mol. The molecule has 0 bridgehead atoms. The zero-order chi connectivity index (χ0) is 14.7. The van der Waals surface area contributed by atoms with E-state index in [9.17, 15) is 4.79 Å². The highest BCUT2D eigenvalue weighted by Crippen LogP contribution is 2.27. The number of nitrogens with two attached hydrogens (primary N) is 1. The molecule has 2 aromatic heterocycles. The summed E-state index contributed by atoms with van der Waals surface area (Å²) in [7, 11) is 0. The van der Waals surface area contributed by atoms with Gasteiger partial charge in [-0.15, -0.1) is 0 Å². The van der Waals surface area contributed by atoms with Crippen molar-refractivity contribution in [2.75, 3.05) is 6.61 Å². The quantitative estimate of drug-likeness (QED) is 0.515. The number of nitrogens with one attached hydrogen (secondary N) is 1. The average Bonchev–Trinajstić information content (AvgIpc) is 2.84. The number of rotatable bonds is 4. The fourth-order valence-electron chi connectivity index (χ4n) is 1.72. The molecule has 7 heteroatoms. The van der Waals surface area contributed by atoms with Gasteiger partial charge in [0.05, 0.1) is 11.6 Å². The van der Waals surface area contributed by atoms with E-state index in [1.54, 1.807) is 25.4 Å². The lowest BCUT2D eigenvalue weighted by Gasteiger charge is -2.03. The number of hydrogen-bond donors (Lipinski definition) is 2. The van der Waals surface area contributed by atoms with Crippen LogP contribution in [0.1, 0.15) is 12.5 Å². The van der Waals surface area contributed by atoms with Gasteiger partial charge in [0.15, 0.2) is 0 Å². The molecule has 0 saturated carbocycles. The van der Waals surface area contributed by atoms with Gasteiger partial charge in [-0.3, -0.25) is 0 Å². The molecule has 0 saturated heterocycles. The number of nitrogens with zero attached hydrogens (tertiary/aromatic N) is 1. The van der Waals surface area contributed by atoms with E-state index in [4.69, 9.17) is 34.3 Å². The molecule has 0 aliphatic carbocycles. The molecule has 0 aromatic carbocycles. The van der Waals surface area contributed by atoms with Crippen molar-refractivity contribution in [2.45, 2.75) is 6.92 Å². The lowest BCUT2D eigenvalue weighted by atomic mass is 10.1. The standard InChI is InChI=1S/C13H12ClN3O2S/c1-2-19-13(18)10(20)5-9(15)7-6-17-12-11(7)8(14)3-4-16-12/h3-6H,2,15H2,1H3,(H,16,17). The lowest BCUT2D eigenvalue weighted by Crippen LogP contribution is -2.14. The summed E-state index contributed by atoms with van der Waals surface area (Å²) < 4.78 is 4.81. The number of aromatic amines is 1. The minimum absolute atomic E-state index is 0.0127. The number of thiocarbonyl (C=S) groups is 1. The van der Waals surface area contributed by atoms with Crippen LogP contribution in [0.5, 0.6) is 0 Å². The first-order valence-corrected chi connectivity index (χ1v) is 6.63. The minimum atomic E-state index is -0.575. The zero-order valence-electron chi connectivity index (χ0n) is 10.6. The van der Waals surface area contributed by atoms with Crippen molar-refractivity contribution in [3.8, 4) is 0 Å². The number of aromatic nitrogens is 2. The van der Waals surface area contributed by atoms with Gasteiger partial charge in [0.2, 0.25) is 0 Å². The Morgan fingerprint density at radius 3 is 3.10 bits per heavy atom. The van der Waals surface area contributed by atoms with Crippen molar-refractivity contribution < 1.29 is 9.53 Å². The van der Waals surface area contributed by atoms with E-state index in [0.717, 1.165) is 0 Å². The number of hydrogen-bond acceptors (Lipinski definition) is 5. The van der Waals surface area contributed by atoms with Crippen LogP contribution in [0, 0.1) is 0 Å². The van der Waals surface area contributed by atoms with Gasteiger partial charge in [0, 0.05) is 29.0 Å². The number of carbonyl (C=O) groups is 1. The molecule has 0 radical (unpaired) electrons. The minimum Gasteiger partial charge on any atom is -0.462 e. The Labute approximate surface area is 125 Å². The van der Waals surface area contributed by atoms with Crippen molar-refractivity contribution in [3.63, 3.8) is 0 Å². The molecule has 104 valence electrons. The largest absolute Gasteiger partial charge is 0.462 e. The highest BCUT2D eigenvalue weighted by Gasteiger charge is 2.13. The van der Waals surface area contributed by atoms with Crippen molar-refractivity contribution in [3.05, 3.63) is 35.1 Å². The number of halogens is 1. The SMILES string of the molecule is CCOC(=O)C(=S)C=C(N)c1c[nH]c2nccc(Cl)c12. The van der Waals surface area contributed by atoms with Crippen LogP contribution in [0.25, 0.3) is 16.7 Å². The summed E-state index contributed by atoms with van der Waals surface area (Å²) in [6, 6.07) is 1.66. The Hall–Kier alpha value is -1.92. The van der Waals surface area contributed by atoms with Gasteiger partial charge in [-0.05, 0) is 19.1 Å². The third-order valence-electron chi connectivity index (χ3n) is 2.60. The van der Waals surface area contributed by atoms with Crippen molar-refractivity contribution >= 4 is 51.4 Å². The number of carbonyl (C=O) groups excluding carboxylic acids is 1. The van der Waals surface area contributed by atoms with Crippen molar-refractivity contribution in [2.24, 2.45) is 5.73 Å². The van der Waals surface area contributed by atoms with Crippen molar-refractivity contribution in [1.82, 2.24) is 9.97 Å². The molecule has 0 fully saturated rings. The highest BCUT2D eigenvalue weighted by molar-refractivity contribution is 7.82. The van der Waals surface area contributed by atoms with Crippen LogP contribution in [0.3, 0.4) is 0 Å². The normalized spacial score (nSPS) is 11.6. The molecule has 5 nitrogen and oxygen atoms in total. The second kappa shape index (κ2) is 6.02. The van der Waals surface area contributed by atoms with E-state index in [2.05, 4.69) is 9.97 Å². The van der Waals surface area contributed by atoms with E-state index in [0.29, 0.717) is 27.3 Å². The van der Waals surface area contributed by atoms with E-state index in [1.807, 2.05) is 0 Å². The molecule has 0 amide bonds. The number of fused-ring (bicyclic) bond motifs is 1. The fourth-order valence-corrected chi connectivity index (χ4v) is 2.16. The molecule has 2 aromatic rings. The number of H-pyrrole nitrogens is 1. The predicted octanol–water partition coefficient (Wildman–Crippen LogP) is 2.45. The smallest absolute Gasteiger partial charge is 0.349 e. The second-order valence-electron chi connectivity index (χ2n) is 3.90. The Morgan fingerprint density at radius 1 is 1.65 bits per heavy atom. The van der Waals surface area contributed by atoms with Crippen LogP contribution in [0.15, 0.2) is 24.5 Å². The van der Waals surface area contributed by atoms with Gasteiger partial charge in [-0.1, -0.05) is 23.8 Å². The van der Waals surface area contributed by atoms with E-state index < -0.39 is 5.97 Å². The Kier molecular flexibility index (Phi) is 4.36. The number of ether oxygens (including phenoxy) is 1.